The number of hydrogen-bond donors (Lipinski definition) is 0. The monoisotopic (exact) mass is 248 g/mol. The Kier molecular flexibility index (Phi) is 3.04. The molecule has 0 aliphatic carbocycles. The smallest absolute Gasteiger partial charge is 0.0754 e. The van der Waals surface area contributed by atoms with Crippen LogP contribution in [0.2, 0.25) is 0 Å². The molecule has 0 N–H and O–H groups in total. The zero-order valence-corrected chi connectivity index (χ0v) is 9.68. The molecule has 0 saturated heterocycles. The van der Waals surface area contributed by atoms with E-state index < -0.39 is 0 Å². The van der Waals surface area contributed by atoms with E-state index in [1.807, 2.05) is 24.3 Å². The summed E-state index contributed by atoms with van der Waals surface area (Å²) in [5.74, 6) is 0. The van der Waals surface area contributed by atoms with Crippen molar-refractivity contribution in [2.45, 2.75) is 0 Å². The van der Waals surface area contributed by atoms with Crippen molar-refractivity contribution in [3.05, 3.63) is 42.0 Å². The van der Waals surface area contributed by atoms with E-state index in [1.54, 1.807) is 10.8 Å². The van der Waals surface area contributed by atoms with E-state index in [4.69, 9.17) is 22.3 Å². The molecule has 2 rings (SSSR count). The molecule has 1 aliphatic rings. The molecule has 0 nitrogen and oxygen atoms in total. The van der Waals surface area contributed by atoms with Gasteiger partial charge in [0.15, 0.2) is 0 Å². The minimum atomic E-state index is -0.370. The molecule has 0 bridgehead atoms. The first-order chi connectivity index (χ1) is 6.27. The van der Waals surface area contributed by atoms with Gasteiger partial charge >= 0.3 is 0 Å². The zero-order chi connectivity index (χ0) is 9.26. The van der Waals surface area contributed by atoms with Crippen molar-refractivity contribution in [3.63, 3.8) is 0 Å². The average Bonchev–Trinajstić information content (AvgIpc) is 2.49. The highest BCUT2D eigenvalue weighted by Crippen LogP contribution is 2.51. The lowest BCUT2D eigenvalue weighted by Crippen LogP contribution is -1.76. The van der Waals surface area contributed by atoms with Gasteiger partial charge in [-0.05, 0) is 41.8 Å². The van der Waals surface area contributed by atoms with Crippen LogP contribution in [0.1, 0.15) is 5.56 Å². The molecule has 1 heterocycles. The van der Waals surface area contributed by atoms with Gasteiger partial charge < -0.3 is 0 Å². The van der Waals surface area contributed by atoms with Gasteiger partial charge in [-0.25, -0.2) is 0 Å². The molecule has 1 aromatic rings. The van der Waals surface area contributed by atoms with Crippen LogP contribution in [0.5, 0.6) is 0 Å². The fourth-order valence-electron chi connectivity index (χ4n) is 1.03. The lowest BCUT2D eigenvalue weighted by atomic mass is 10.2. The van der Waals surface area contributed by atoms with Crippen LogP contribution in [0.25, 0.3) is 4.91 Å². The van der Waals surface area contributed by atoms with E-state index in [9.17, 15) is 0 Å². The minimum Gasteiger partial charge on any atom is -0.0754 e. The molecule has 1 atom stereocenters. The molecule has 0 spiro atoms. The first-order valence-corrected chi connectivity index (χ1v) is 7.42. The minimum absolute atomic E-state index is 0.370. The first-order valence-electron chi connectivity index (χ1n) is 3.66. The van der Waals surface area contributed by atoms with Gasteiger partial charge in [-0.15, -0.1) is 0 Å². The van der Waals surface area contributed by atoms with Gasteiger partial charge in [0.2, 0.25) is 0 Å². The molecule has 0 fully saturated rings. The Morgan fingerprint density at radius 1 is 1.15 bits per heavy atom. The maximum Gasteiger partial charge on any atom is 0.0900 e. The van der Waals surface area contributed by atoms with Crippen molar-refractivity contribution in [1.82, 2.24) is 0 Å². The van der Waals surface area contributed by atoms with Crippen molar-refractivity contribution in [2.24, 2.45) is 0 Å². The van der Waals surface area contributed by atoms with Crippen LogP contribution < -0.4 is 0 Å². The molecule has 1 aromatic carbocycles. The molecule has 0 aromatic heterocycles. The number of hydrogen-bond acceptors (Lipinski definition) is 1. The highest BCUT2D eigenvalue weighted by molar-refractivity contribution is 8.95. The van der Waals surface area contributed by atoms with Crippen LogP contribution in [-0.2, 0) is 0 Å². The summed E-state index contributed by atoms with van der Waals surface area (Å²) >= 11 is 5.91. The third-order valence-electron chi connectivity index (χ3n) is 1.62. The van der Waals surface area contributed by atoms with Crippen LogP contribution >= 0.6 is 41.8 Å². The third kappa shape index (κ3) is 2.13. The van der Waals surface area contributed by atoms with Crippen molar-refractivity contribution >= 4 is 51.0 Å². The summed E-state index contributed by atoms with van der Waals surface area (Å²) in [5.41, 5.74) is 1.18. The Balaban J connectivity index is 2.29. The summed E-state index contributed by atoms with van der Waals surface area (Å²) in [6.45, 7) is 0. The van der Waals surface area contributed by atoms with Crippen molar-refractivity contribution in [1.29, 1.82) is 0 Å². The molecule has 4 heteroatoms. The maximum atomic E-state index is 5.98. The van der Waals surface area contributed by atoms with Gasteiger partial charge in [-0.3, -0.25) is 0 Å². The van der Waals surface area contributed by atoms with Gasteiger partial charge in [-0.1, -0.05) is 41.9 Å². The maximum absolute atomic E-state index is 5.98. The van der Waals surface area contributed by atoms with E-state index in [0.717, 1.165) is 9.23 Å². The Hall–Kier alpha value is 0.110. The summed E-state index contributed by atoms with van der Waals surface area (Å²) in [6, 6.07) is 10.1. The summed E-state index contributed by atoms with van der Waals surface area (Å²) < 4.78 is 0.741. The van der Waals surface area contributed by atoms with Gasteiger partial charge in [0.05, 0.1) is 4.32 Å². The number of halogens is 2. The normalized spacial score (nSPS) is 21.8. The van der Waals surface area contributed by atoms with Crippen LogP contribution in [0, 0.1) is 0 Å². The van der Waals surface area contributed by atoms with E-state index in [1.165, 1.54) is 5.56 Å². The largest absolute Gasteiger partial charge is 0.0900 e. The van der Waals surface area contributed by atoms with Crippen LogP contribution in [-0.4, -0.2) is 4.32 Å². The van der Waals surface area contributed by atoms with E-state index in [-0.39, 0.29) is 8.73 Å². The Labute approximate surface area is 92.8 Å². The predicted molar refractivity (Wildman–Crippen MR) is 66.3 cm³/mol. The summed E-state index contributed by atoms with van der Waals surface area (Å²) in [6.07, 6.45) is 1.94. The predicted octanol–water partition coefficient (Wildman–Crippen LogP) is 4.48. The van der Waals surface area contributed by atoms with Gasteiger partial charge in [-0.2, -0.15) is 0 Å². The van der Waals surface area contributed by atoms with Gasteiger partial charge in [0, 0.05) is 4.91 Å². The van der Waals surface area contributed by atoms with Crippen LogP contribution in [0.15, 0.2) is 36.4 Å². The van der Waals surface area contributed by atoms with Gasteiger partial charge in [0.25, 0.3) is 0 Å². The zero-order valence-electron chi connectivity index (χ0n) is 6.54. The SMILES string of the molecule is ClC1=S(Cl)SC(c2ccccc2)=C1. The molecule has 13 heavy (non-hydrogen) atoms. The number of benzene rings is 1. The molecule has 0 saturated carbocycles. The van der Waals surface area contributed by atoms with Crippen LogP contribution in [0.3, 0.4) is 0 Å². The van der Waals surface area contributed by atoms with E-state index in [2.05, 4.69) is 12.1 Å². The van der Waals surface area contributed by atoms with Crippen LogP contribution in [0.4, 0.5) is 0 Å². The fraction of sp³-hybridized carbons (Fsp3) is 0. The highest BCUT2D eigenvalue weighted by Gasteiger charge is 2.13. The molecule has 1 unspecified atom stereocenters. The molecular weight excluding hydrogens is 243 g/mol. The highest BCUT2D eigenvalue weighted by atomic mass is 35.7. The second-order valence-electron chi connectivity index (χ2n) is 2.49. The number of rotatable bonds is 1. The standard InChI is InChI=1S/C9H6Cl2S2/c10-9-6-8(12-13(9)11)7-4-2-1-3-5-7/h1-6H. The Morgan fingerprint density at radius 2 is 1.85 bits per heavy atom. The summed E-state index contributed by atoms with van der Waals surface area (Å²) in [5, 5.41) is 0. The lowest BCUT2D eigenvalue weighted by Gasteiger charge is -1.99. The first kappa shape index (κ1) is 9.66. The molecular formula is C9H6Cl2S2. The van der Waals surface area contributed by atoms with Crippen molar-refractivity contribution < 1.29 is 0 Å². The van der Waals surface area contributed by atoms with Gasteiger partial charge in [0.1, 0.15) is 0 Å². The molecule has 0 amide bonds. The summed E-state index contributed by atoms with van der Waals surface area (Å²) in [4.78, 5) is 1.16. The van der Waals surface area contributed by atoms with Crippen molar-refractivity contribution in [2.75, 3.05) is 0 Å². The second kappa shape index (κ2) is 4.09. The third-order valence-corrected chi connectivity index (χ3v) is 6.39. The lowest BCUT2D eigenvalue weighted by molar-refractivity contribution is 1.66. The molecule has 1 aliphatic heterocycles. The Bertz CT molecular complexity index is 382. The second-order valence-corrected chi connectivity index (χ2v) is 7.58. The van der Waals surface area contributed by atoms with E-state index >= 15 is 0 Å². The molecule has 0 radical (unpaired) electrons. The molecule has 68 valence electrons. The van der Waals surface area contributed by atoms with E-state index in [0.29, 0.717) is 0 Å². The van der Waals surface area contributed by atoms with Crippen molar-refractivity contribution in [3.8, 4) is 0 Å². The number of allylic oxidation sites excluding steroid dienone is 1. The quantitative estimate of drug-likeness (QED) is 0.401. The summed E-state index contributed by atoms with van der Waals surface area (Å²) in [7, 11) is 7.22. The topological polar surface area (TPSA) is 0 Å². The Morgan fingerprint density at radius 3 is 2.38 bits per heavy atom. The average molecular weight is 249 g/mol. The fourth-order valence-corrected chi connectivity index (χ4v) is 4.44.